The van der Waals surface area contributed by atoms with Crippen LogP contribution in [0.1, 0.15) is 89.2 Å². The quantitative estimate of drug-likeness (QED) is 0.146. The van der Waals surface area contributed by atoms with Crippen LogP contribution in [0.25, 0.3) is 5.57 Å². The van der Waals surface area contributed by atoms with Crippen molar-refractivity contribution in [3.8, 4) is 0 Å². The van der Waals surface area contributed by atoms with Crippen molar-refractivity contribution in [3.05, 3.63) is 128 Å². The molecule has 0 saturated heterocycles. The maximum atomic E-state index is 12.4. The van der Waals surface area contributed by atoms with Crippen LogP contribution in [0.5, 0.6) is 0 Å². The molecule has 0 unspecified atom stereocenters. The first-order valence-electron chi connectivity index (χ1n) is 15.5. The molecular weight excluding hydrogens is 572 g/mol. The Morgan fingerprint density at radius 2 is 1.02 bits per heavy atom. The van der Waals surface area contributed by atoms with Crippen molar-refractivity contribution in [2.75, 3.05) is 10.6 Å². The molecule has 10 radical (unpaired) electrons. The van der Waals surface area contributed by atoms with Crippen LogP contribution in [0.3, 0.4) is 0 Å². The second kappa shape index (κ2) is 19.1. The van der Waals surface area contributed by atoms with Gasteiger partial charge >= 0.3 is 17.1 Å². The molecule has 0 atom stereocenters. The van der Waals surface area contributed by atoms with Gasteiger partial charge in [0.05, 0.1) is 0 Å². The van der Waals surface area contributed by atoms with Crippen molar-refractivity contribution in [1.82, 2.24) is 0 Å². The molecule has 2 fully saturated rings. The molecule has 224 valence electrons. The average Bonchev–Trinajstić information content (AvgIpc) is 3.72. The Morgan fingerprint density at radius 3 is 1.47 bits per heavy atom. The van der Waals surface area contributed by atoms with Gasteiger partial charge in [0.1, 0.15) is 0 Å². The van der Waals surface area contributed by atoms with Gasteiger partial charge in [-0.2, -0.15) is 0 Å². The van der Waals surface area contributed by atoms with Crippen molar-refractivity contribution in [3.63, 3.8) is 0 Å². The molecule has 5 heteroatoms. The number of hydrogen-bond acceptors (Lipinski definition) is 2. The van der Waals surface area contributed by atoms with E-state index < -0.39 is 0 Å². The molecule has 4 nitrogen and oxygen atoms in total. The molecule has 0 heterocycles. The topological polar surface area (TPSA) is 58.2 Å². The van der Waals surface area contributed by atoms with Crippen molar-refractivity contribution in [2.24, 2.45) is 0 Å². The molecule has 0 bridgehead atoms. The van der Waals surface area contributed by atoms with Crippen LogP contribution in [0.2, 0.25) is 0 Å². The van der Waals surface area contributed by atoms with E-state index >= 15 is 0 Å². The van der Waals surface area contributed by atoms with Gasteiger partial charge in [-0.1, -0.05) is 69.4 Å². The van der Waals surface area contributed by atoms with Crippen LogP contribution in [0, 0.1) is 63.2 Å². The zero-order valence-electron chi connectivity index (χ0n) is 25.5. The Bertz CT molecular complexity index is 1070. The molecule has 2 aliphatic carbocycles. The summed E-state index contributed by atoms with van der Waals surface area (Å²) < 4.78 is 0. The fourth-order valence-electron chi connectivity index (χ4n) is 5.31. The van der Waals surface area contributed by atoms with E-state index in [0.717, 1.165) is 79.4 Å². The molecule has 0 spiro atoms. The zero-order valence-corrected chi connectivity index (χ0v) is 26.6. The molecule has 43 heavy (non-hydrogen) atoms. The van der Waals surface area contributed by atoms with Crippen LogP contribution in [0.4, 0.5) is 11.4 Å². The monoisotopic (exact) mass is 616 g/mol. The van der Waals surface area contributed by atoms with Gasteiger partial charge in [-0.3, -0.25) is 9.59 Å². The molecule has 2 aromatic carbocycles. The second-order valence-corrected chi connectivity index (χ2v) is 11.0. The first-order valence-corrected chi connectivity index (χ1v) is 15.5. The van der Waals surface area contributed by atoms with Crippen LogP contribution < -0.4 is 10.6 Å². The third-order valence-electron chi connectivity index (χ3n) is 7.64. The van der Waals surface area contributed by atoms with Crippen molar-refractivity contribution >= 4 is 28.8 Å². The molecule has 2 aliphatic rings. The van der Waals surface area contributed by atoms with Gasteiger partial charge in [0, 0.05) is 30.1 Å². The Morgan fingerprint density at radius 1 is 0.581 bits per heavy atom. The summed E-state index contributed by atoms with van der Waals surface area (Å²) in [6.07, 6.45) is 26.1. The molecule has 4 rings (SSSR count). The van der Waals surface area contributed by atoms with E-state index in [-0.39, 0.29) is 28.9 Å². The molecule has 0 aliphatic heterocycles. The van der Waals surface area contributed by atoms with Gasteiger partial charge in [0.2, 0.25) is 11.8 Å². The number of allylic oxidation sites excluding steroid dienone is 1. The van der Waals surface area contributed by atoms with E-state index in [2.05, 4.69) is 100 Å². The average molecular weight is 617 g/mol. The summed E-state index contributed by atoms with van der Waals surface area (Å²) in [5, 5.41) is 6.11. The third kappa shape index (κ3) is 11.3. The fraction of sp³-hybridized carbons (Fsp3) is 0.316. The zero-order chi connectivity index (χ0) is 29.6. The number of carbonyl (C=O) groups excluding carboxylic acids is 2. The van der Waals surface area contributed by atoms with Gasteiger partial charge in [-0.05, 0) is 124 Å². The van der Waals surface area contributed by atoms with Gasteiger partial charge in [-0.25, -0.2) is 0 Å². The molecular formula is C38H44FeN2O2+2. The van der Waals surface area contributed by atoms with Crippen molar-refractivity contribution < 1.29 is 26.7 Å². The molecule has 2 saturated carbocycles. The maximum absolute atomic E-state index is 12.4. The third-order valence-corrected chi connectivity index (χ3v) is 7.64. The van der Waals surface area contributed by atoms with Gasteiger partial charge in [0.15, 0.2) is 0 Å². The number of carbonyl (C=O) groups is 2. The van der Waals surface area contributed by atoms with E-state index in [9.17, 15) is 9.59 Å². The Kier molecular flexibility index (Phi) is 15.6. The van der Waals surface area contributed by atoms with Crippen LogP contribution >= 0.6 is 0 Å². The summed E-state index contributed by atoms with van der Waals surface area (Å²) >= 11 is 0. The number of anilines is 2. The SMILES string of the molecule is CCCCCC(=O)Nc1ccc(C(=C(CC[C]2[CH][CH][CH][CH]2)[C]2[CH][CH][CH][CH]2)c2ccc(NC(=O)CCCCC)cc2)cc1.[Fe+2]. The van der Waals surface area contributed by atoms with Gasteiger partial charge < -0.3 is 10.6 Å². The number of benzene rings is 2. The number of hydrogen-bond donors (Lipinski definition) is 2. The number of rotatable bonds is 16. The van der Waals surface area contributed by atoms with E-state index in [1.165, 1.54) is 17.4 Å². The maximum Gasteiger partial charge on any atom is 2.00 e. The summed E-state index contributed by atoms with van der Waals surface area (Å²) in [5.41, 5.74) is 6.24. The first kappa shape index (κ1) is 35.1. The minimum atomic E-state index is 0. The molecule has 2 amide bonds. The van der Waals surface area contributed by atoms with E-state index in [1.807, 2.05) is 24.3 Å². The smallest absolute Gasteiger partial charge is 0.326 e. The van der Waals surface area contributed by atoms with Crippen molar-refractivity contribution in [1.29, 1.82) is 0 Å². The number of unbranched alkanes of at least 4 members (excludes halogenated alkanes) is 4. The summed E-state index contributed by atoms with van der Waals surface area (Å²) in [4.78, 5) is 24.8. The molecule has 2 aromatic rings. The van der Waals surface area contributed by atoms with E-state index in [0.29, 0.717) is 12.8 Å². The van der Waals surface area contributed by atoms with E-state index in [1.54, 1.807) is 0 Å². The predicted molar refractivity (Wildman–Crippen MR) is 175 cm³/mol. The van der Waals surface area contributed by atoms with Gasteiger partial charge in [0.25, 0.3) is 0 Å². The fourth-order valence-corrected chi connectivity index (χ4v) is 5.31. The van der Waals surface area contributed by atoms with Gasteiger partial charge in [-0.15, -0.1) is 0 Å². The van der Waals surface area contributed by atoms with Crippen LogP contribution in [-0.4, -0.2) is 11.8 Å². The number of nitrogens with one attached hydrogen (secondary N) is 2. The Hall–Kier alpha value is -2.36. The van der Waals surface area contributed by atoms with Crippen LogP contribution in [-0.2, 0) is 26.7 Å². The second-order valence-electron chi connectivity index (χ2n) is 11.0. The molecule has 0 aromatic heterocycles. The van der Waals surface area contributed by atoms with E-state index in [4.69, 9.17) is 0 Å². The van der Waals surface area contributed by atoms with Crippen LogP contribution in [0.15, 0.2) is 54.1 Å². The summed E-state index contributed by atoms with van der Waals surface area (Å²) in [5.74, 6) is 2.65. The molecule has 2 N–H and O–H groups in total. The largest absolute Gasteiger partial charge is 2.00 e. The minimum absolute atomic E-state index is 0. The summed E-state index contributed by atoms with van der Waals surface area (Å²) in [6, 6.07) is 16.4. The number of amides is 2. The predicted octanol–water partition coefficient (Wildman–Crippen LogP) is 9.11. The summed E-state index contributed by atoms with van der Waals surface area (Å²) in [7, 11) is 0. The standard InChI is InChI=1S/C38H44N2O2.Fe/c1-3-5-7-17-36(41)39-33-24-20-31(21-25-33)38(32-22-26-34(27-23-32)40-37(42)18-8-6-4-2)35(30-15-11-12-16-30)28-19-29-13-9-10-14-29;/h9-16,20-27H,3-8,17-19,28H2,1-2H3,(H,39,41)(H,40,42);/q;+2. The normalized spacial score (nSPS) is 15.2. The summed E-state index contributed by atoms with van der Waals surface area (Å²) in [6.45, 7) is 4.28. The Balaban J connectivity index is 0.00000506. The minimum Gasteiger partial charge on any atom is -0.326 e. The Labute approximate surface area is 271 Å². The first-order chi connectivity index (χ1) is 20.6. The van der Waals surface area contributed by atoms with Crippen molar-refractivity contribution in [2.45, 2.75) is 78.1 Å².